The van der Waals surface area contributed by atoms with E-state index in [0.29, 0.717) is 25.5 Å². The summed E-state index contributed by atoms with van der Waals surface area (Å²) in [4.78, 5) is 36.4. The first kappa shape index (κ1) is 17.7. The van der Waals surface area contributed by atoms with E-state index < -0.39 is 19.5 Å². The summed E-state index contributed by atoms with van der Waals surface area (Å²) in [6, 6.07) is 9.61. The van der Waals surface area contributed by atoms with Gasteiger partial charge in [-0.3, -0.25) is 9.36 Å². The van der Waals surface area contributed by atoms with Crippen LogP contribution in [0.15, 0.2) is 36.5 Å². The van der Waals surface area contributed by atoms with Crippen molar-refractivity contribution in [3.05, 3.63) is 47.8 Å². The molecule has 0 bridgehead atoms. The summed E-state index contributed by atoms with van der Waals surface area (Å²) in [5.41, 5.74) is 6.62. The van der Waals surface area contributed by atoms with E-state index >= 15 is 0 Å². The Morgan fingerprint density at radius 3 is 2.68 bits per heavy atom. The zero-order chi connectivity index (χ0) is 18.0. The molecule has 1 aliphatic heterocycles. The zero-order valence-electron chi connectivity index (χ0n) is 13.7. The molecule has 0 aliphatic carbocycles. The van der Waals surface area contributed by atoms with Crippen molar-refractivity contribution in [1.82, 2.24) is 9.55 Å². The second kappa shape index (κ2) is 7.00. The van der Waals surface area contributed by atoms with E-state index in [1.54, 1.807) is 4.57 Å². The van der Waals surface area contributed by atoms with E-state index in [1.165, 1.54) is 11.8 Å². The lowest BCUT2D eigenvalue weighted by Gasteiger charge is -2.34. The van der Waals surface area contributed by atoms with Crippen molar-refractivity contribution in [2.45, 2.75) is 18.9 Å². The number of imidazole rings is 1. The molecule has 1 aromatic heterocycles. The van der Waals surface area contributed by atoms with Crippen molar-refractivity contribution in [3.63, 3.8) is 0 Å². The Hall–Kier alpha value is -2.15. The van der Waals surface area contributed by atoms with Gasteiger partial charge < -0.3 is 25.0 Å². The third kappa shape index (κ3) is 4.28. The smallest absolute Gasteiger partial charge is 0.327 e. The van der Waals surface area contributed by atoms with Crippen LogP contribution in [-0.2, 0) is 11.0 Å². The molecular weight excluding hydrogens is 343 g/mol. The van der Waals surface area contributed by atoms with E-state index in [1.807, 2.05) is 35.2 Å². The molecule has 1 aliphatic rings. The predicted molar refractivity (Wildman–Crippen MR) is 93.7 cm³/mol. The van der Waals surface area contributed by atoms with Gasteiger partial charge in [0.25, 0.3) is 5.91 Å². The van der Waals surface area contributed by atoms with Crippen molar-refractivity contribution in [2.75, 3.05) is 24.2 Å². The highest BCUT2D eigenvalue weighted by molar-refractivity contribution is 7.51. The molecule has 8 nitrogen and oxygen atoms in total. The average Bonchev–Trinajstić information content (AvgIpc) is 3.00. The highest BCUT2D eigenvalue weighted by atomic mass is 31.2. The Labute approximate surface area is 145 Å². The molecule has 2 aromatic rings. The molecule has 3 rings (SSSR count). The van der Waals surface area contributed by atoms with Gasteiger partial charge in [0.1, 0.15) is 5.69 Å². The minimum Gasteiger partial charge on any atom is -0.364 e. The van der Waals surface area contributed by atoms with Gasteiger partial charge in [0.15, 0.2) is 0 Å². The molecule has 0 unspecified atom stereocenters. The van der Waals surface area contributed by atoms with Crippen molar-refractivity contribution in [3.8, 4) is 0 Å². The minimum atomic E-state index is -4.17. The molecule has 4 N–H and O–H groups in total. The van der Waals surface area contributed by atoms with E-state index in [-0.39, 0.29) is 11.9 Å². The Morgan fingerprint density at radius 2 is 2.04 bits per heavy atom. The van der Waals surface area contributed by atoms with Crippen LogP contribution in [-0.4, -0.2) is 44.5 Å². The quantitative estimate of drug-likeness (QED) is 0.661. The number of rotatable bonds is 6. The summed E-state index contributed by atoms with van der Waals surface area (Å²) in [6.45, 7) is 1.31. The Balaban J connectivity index is 1.83. The first-order valence-electron chi connectivity index (χ1n) is 8.05. The summed E-state index contributed by atoms with van der Waals surface area (Å²) in [5.74, 6) is -0.116. The van der Waals surface area contributed by atoms with Crippen LogP contribution in [0.3, 0.4) is 0 Å². The molecule has 0 spiro atoms. The fourth-order valence-electron chi connectivity index (χ4n) is 3.12. The lowest BCUT2D eigenvalue weighted by atomic mass is 10.1. The van der Waals surface area contributed by atoms with Crippen molar-refractivity contribution >= 4 is 19.5 Å². The van der Waals surface area contributed by atoms with Gasteiger partial charge in [-0.05, 0) is 18.4 Å². The number of benzene rings is 1. The molecule has 2 heterocycles. The average molecular weight is 364 g/mol. The number of carbonyl (C=O) groups excluding carboxylic acids is 1. The van der Waals surface area contributed by atoms with Crippen LogP contribution in [0.2, 0.25) is 0 Å². The van der Waals surface area contributed by atoms with Gasteiger partial charge in [0.05, 0.1) is 6.16 Å². The number of amides is 1. The van der Waals surface area contributed by atoms with Gasteiger partial charge in [-0.2, -0.15) is 0 Å². The first-order valence-corrected chi connectivity index (χ1v) is 9.85. The maximum absolute atomic E-state index is 11.5. The van der Waals surface area contributed by atoms with Gasteiger partial charge >= 0.3 is 7.60 Å². The largest absolute Gasteiger partial charge is 0.364 e. The molecular formula is C16H21N4O4P. The van der Waals surface area contributed by atoms with Gasteiger partial charge in [0.2, 0.25) is 5.95 Å². The number of anilines is 1. The maximum atomic E-state index is 11.5. The third-order valence-corrected chi connectivity index (χ3v) is 5.23. The number of fused-ring (bicyclic) bond motifs is 1. The predicted octanol–water partition coefficient (Wildman–Crippen LogP) is 1.15. The molecule has 0 radical (unpaired) electrons. The van der Waals surface area contributed by atoms with E-state index in [0.717, 1.165) is 6.42 Å². The number of nitrogens with zero attached hydrogens (tertiary/aromatic N) is 3. The molecule has 0 saturated carbocycles. The van der Waals surface area contributed by atoms with Crippen LogP contribution in [0.25, 0.3) is 0 Å². The van der Waals surface area contributed by atoms with Gasteiger partial charge in [-0.15, -0.1) is 0 Å². The van der Waals surface area contributed by atoms with Crippen LogP contribution >= 0.6 is 7.60 Å². The molecule has 25 heavy (non-hydrogen) atoms. The van der Waals surface area contributed by atoms with Gasteiger partial charge in [0, 0.05) is 25.3 Å². The molecule has 1 atom stereocenters. The lowest BCUT2D eigenvalue weighted by Crippen LogP contribution is -2.37. The van der Waals surface area contributed by atoms with E-state index in [4.69, 9.17) is 5.73 Å². The number of nitrogens with two attached hydrogens (primary N) is 1. The number of hydrogen-bond acceptors (Lipinski definition) is 4. The highest BCUT2D eigenvalue weighted by Gasteiger charge is 2.31. The lowest BCUT2D eigenvalue weighted by molar-refractivity contribution is 0.0996. The fraction of sp³-hybridized carbons (Fsp3) is 0.375. The van der Waals surface area contributed by atoms with Crippen LogP contribution in [0.5, 0.6) is 0 Å². The van der Waals surface area contributed by atoms with Crippen molar-refractivity contribution in [1.29, 1.82) is 0 Å². The summed E-state index contributed by atoms with van der Waals surface area (Å²) in [6.07, 6.45) is 2.60. The minimum absolute atomic E-state index is 0.109. The topological polar surface area (TPSA) is 122 Å². The van der Waals surface area contributed by atoms with E-state index in [9.17, 15) is 19.1 Å². The van der Waals surface area contributed by atoms with Crippen LogP contribution in [0.4, 0.5) is 5.95 Å². The van der Waals surface area contributed by atoms with Crippen LogP contribution < -0.4 is 10.6 Å². The molecule has 0 saturated heterocycles. The normalized spacial score (nSPS) is 17.4. The first-order chi connectivity index (χ1) is 11.8. The second-order valence-corrected chi connectivity index (χ2v) is 7.90. The van der Waals surface area contributed by atoms with Crippen molar-refractivity contribution < 1.29 is 19.1 Å². The summed E-state index contributed by atoms with van der Waals surface area (Å²) in [5, 5.41) is 0. The standard InChI is InChI=1S/C16H21N4O4P/c17-15(21)14-10-20-13(11-25(22,23)24)7-9-19(16(20)18-14)8-6-12-4-2-1-3-5-12/h1-5,10,13H,6-9,11H2,(H2,17,21)(H2,22,23,24)/t13-/m1/s1. The second-order valence-electron chi connectivity index (χ2n) is 6.21. The summed E-state index contributed by atoms with van der Waals surface area (Å²) < 4.78 is 13.1. The highest BCUT2D eigenvalue weighted by Crippen LogP contribution is 2.42. The Bertz CT molecular complexity index is 802. The molecule has 134 valence electrons. The zero-order valence-corrected chi connectivity index (χ0v) is 14.5. The summed E-state index contributed by atoms with van der Waals surface area (Å²) >= 11 is 0. The number of carbonyl (C=O) groups is 1. The Kier molecular flexibility index (Phi) is 4.94. The van der Waals surface area contributed by atoms with Crippen molar-refractivity contribution in [2.24, 2.45) is 5.73 Å². The third-order valence-electron chi connectivity index (χ3n) is 4.34. The maximum Gasteiger partial charge on any atom is 0.327 e. The van der Waals surface area contributed by atoms with Crippen LogP contribution in [0.1, 0.15) is 28.5 Å². The number of hydrogen-bond donors (Lipinski definition) is 3. The number of primary amides is 1. The van der Waals surface area contributed by atoms with Crippen LogP contribution in [0, 0.1) is 0 Å². The monoisotopic (exact) mass is 364 g/mol. The fourth-order valence-corrected chi connectivity index (χ4v) is 4.03. The SMILES string of the molecule is NC(=O)c1cn2c(n1)N(CCc1ccccc1)CC[C@@H]2CP(=O)(O)O. The van der Waals surface area contributed by atoms with Gasteiger partial charge in [-0.1, -0.05) is 30.3 Å². The Morgan fingerprint density at radius 1 is 1.32 bits per heavy atom. The summed E-state index contributed by atoms with van der Waals surface area (Å²) in [7, 11) is -4.17. The molecule has 0 fully saturated rings. The van der Waals surface area contributed by atoms with Gasteiger partial charge in [-0.25, -0.2) is 4.98 Å². The molecule has 9 heteroatoms. The number of aromatic nitrogens is 2. The van der Waals surface area contributed by atoms with E-state index in [2.05, 4.69) is 4.98 Å². The molecule has 1 aromatic carbocycles. The molecule has 1 amide bonds.